The standard InChI is InChI=1S/C10H16IN3O/c1-8(2)6-15-4-3-13-10-9(11)5-12-7-14-10/h5,7-8H,3-4,6H2,1-2H3,(H,12,13,14). The fraction of sp³-hybridized carbons (Fsp3) is 0.600. The van der Waals surface area contributed by atoms with Crippen molar-refractivity contribution in [3.63, 3.8) is 0 Å². The van der Waals surface area contributed by atoms with Crippen LogP contribution in [0.15, 0.2) is 12.5 Å². The van der Waals surface area contributed by atoms with Crippen molar-refractivity contribution < 1.29 is 4.74 Å². The summed E-state index contributed by atoms with van der Waals surface area (Å²) in [5, 5.41) is 3.20. The summed E-state index contributed by atoms with van der Waals surface area (Å²) in [4.78, 5) is 8.05. The van der Waals surface area contributed by atoms with Crippen LogP contribution in [0.25, 0.3) is 0 Å². The number of anilines is 1. The maximum Gasteiger partial charge on any atom is 0.142 e. The van der Waals surface area contributed by atoms with Crippen molar-refractivity contribution in [3.05, 3.63) is 16.1 Å². The van der Waals surface area contributed by atoms with Gasteiger partial charge in [0, 0.05) is 19.3 Å². The van der Waals surface area contributed by atoms with Gasteiger partial charge in [-0.2, -0.15) is 0 Å². The molecule has 0 bridgehead atoms. The van der Waals surface area contributed by atoms with Gasteiger partial charge in [-0.15, -0.1) is 0 Å². The molecule has 1 aromatic rings. The van der Waals surface area contributed by atoms with Gasteiger partial charge in [-0.25, -0.2) is 9.97 Å². The van der Waals surface area contributed by atoms with E-state index in [4.69, 9.17) is 4.74 Å². The highest BCUT2D eigenvalue weighted by atomic mass is 127. The number of rotatable bonds is 6. The molecule has 0 aliphatic carbocycles. The van der Waals surface area contributed by atoms with Gasteiger partial charge in [0.1, 0.15) is 12.1 Å². The van der Waals surface area contributed by atoms with Gasteiger partial charge >= 0.3 is 0 Å². The lowest BCUT2D eigenvalue weighted by Gasteiger charge is -2.08. The van der Waals surface area contributed by atoms with E-state index in [0.717, 1.165) is 22.5 Å². The Morgan fingerprint density at radius 3 is 3.00 bits per heavy atom. The summed E-state index contributed by atoms with van der Waals surface area (Å²) in [6.07, 6.45) is 3.32. The molecule has 1 aromatic heterocycles. The Bertz CT molecular complexity index is 294. The topological polar surface area (TPSA) is 47.0 Å². The highest BCUT2D eigenvalue weighted by Gasteiger charge is 1.99. The van der Waals surface area contributed by atoms with Gasteiger partial charge in [0.05, 0.1) is 10.2 Å². The Labute approximate surface area is 104 Å². The molecule has 1 N–H and O–H groups in total. The predicted octanol–water partition coefficient (Wildman–Crippen LogP) is 2.17. The molecule has 0 fully saturated rings. The van der Waals surface area contributed by atoms with Crippen molar-refractivity contribution >= 4 is 28.4 Å². The first kappa shape index (κ1) is 12.6. The summed E-state index contributed by atoms with van der Waals surface area (Å²) in [5.74, 6) is 1.46. The van der Waals surface area contributed by atoms with E-state index < -0.39 is 0 Å². The summed E-state index contributed by atoms with van der Waals surface area (Å²) in [6, 6.07) is 0. The van der Waals surface area contributed by atoms with Crippen molar-refractivity contribution in [2.24, 2.45) is 5.92 Å². The van der Waals surface area contributed by atoms with Crippen LogP contribution in [0.1, 0.15) is 13.8 Å². The summed E-state index contributed by atoms with van der Waals surface area (Å²) < 4.78 is 6.48. The first-order valence-electron chi connectivity index (χ1n) is 4.97. The molecule has 0 amide bonds. The number of aromatic nitrogens is 2. The Balaban J connectivity index is 2.18. The molecule has 1 rings (SSSR count). The van der Waals surface area contributed by atoms with Crippen LogP contribution in [0, 0.1) is 9.49 Å². The van der Waals surface area contributed by atoms with Crippen molar-refractivity contribution in [2.75, 3.05) is 25.1 Å². The molecule has 0 aliphatic heterocycles. The Morgan fingerprint density at radius 2 is 2.33 bits per heavy atom. The molecule has 4 nitrogen and oxygen atoms in total. The molecule has 0 spiro atoms. The highest BCUT2D eigenvalue weighted by molar-refractivity contribution is 14.1. The van der Waals surface area contributed by atoms with Crippen LogP contribution in [-0.4, -0.2) is 29.7 Å². The smallest absolute Gasteiger partial charge is 0.142 e. The third-order valence-electron chi connectivity index (χ3n) is 1.66. The van der Waals surface area contributed by atoms with E-state index in [1.54, 1.807) is 12.5 Å². The largest absolute Gasteiger partial charge is 0.379 e. The maximum atomic E-state index is 5.45. The molecule has 0 saturated carbocycles. The van der Waals surface area contributed by atoms with Crippen molar-refractivity contribution in [3.8, 4) is 0 Å². The van der Waals surface area contributed by atoms with Gasteiger partial charge < -0.3 is 10.1 Å². The normalized spacial score (nSPS) is 10.7. The molecule has 15 heavy (non-hydrogen) atoms. The van der Waals surface area contributed by atoms with Crippen LogP contribution in [0.2, 0.25) is 0 Å². The van der Waals surface area contributed by atoms with E-state index in [2.05, 4.69) is 51.7 Å². The molecule has 0 saturated heterocycles. The minimum Gasteiger partial charge on any atom is -0.379 e. The predicted molar refractivity (Wildman–Crippen MR) is 68.9 cm³/mol. The SMILES string of the molecule is CC(C)COCCNc1ncncc1I. The molecule has 84 valence electrons. The van der Waals surface area contributed by atoms with Crippen LogP contribution in [-0.2, 0) is 4.74 Å². The average Bonchev–Trinajstić information content (AvgIpc) is 2.20. The molecule has 0 aromatic carbocycles. The zero-order chi connectivity index (χ0) is 11.1. The van der Waals surface area contributed by atoms with E-state index in [0.29, 0.717) is 12.5 Å². The third kappa shape index (κ3) is 5.27. The van der Waals surface area contributed by atoms with Crippen LogP contribution in [0.4, 0.5) is 5.82 Å². The van der Waals surface area contributed by atoms with Gasteiger partial charge in [-0.3, -0.25) is 0 Å². The van der Waals surface area contributed by atoms with E-state index in [1.807, 2.05) is 0 Å². The van der Waals surface area contributed by atoms with E-state index in [-0.39, 0.29) is 0 Å². The Hall–Kier alpha value is -0.430. The molecular formula is C10H16IN3O. The number of nitrogens with one attached hydrogen (secondary N) is 1. The van der Waals surface area contributed by atoms with E-state index >= 15 is 0 Å². The molecule has 5 heteroatoms. The molecular weight excluding hydrogens is 305 g/mol. The summed E-state index contributed by atoms with van der Waals surface area (Å²) in [6.45, 7) is 6.57. The number of hydrogen-bond acceptors (Lipinski definition) is 4. The maximum absolute atomic E-state index is 5.45. The number of ether oxygens (including phenoxy) is 1. The molecule has 0 radical (unpaired) electrons. The first-order valence-corrected chi connectivity index (χ1v) is 6.05. The minimum absolute atomic E-state index is 0.587. The monoisotopic (exact) mass is 321 g/mol. The van der Waals surface area contributed by atoms with Gasteiger partial charge in [0.15, 0.2) is 0 Å². The average molecular weight is 321 g/mol. The van der Waals surface area contributed by atoms with E-state index in [1.165, 1.54) is 0 Å². The third-order valence-corrected chi connectivity index (χ3v) is 2.45. The fourth-order valence-electron chi connectivity index (χ4n) is 1.00. The minimum atomic E-state index is 0.587. The lowest BCUT2D eigenvalue weighted by atomic mass is 10.2. The fourth-order valence-corrected chi connectivity index (χ4v) is 1.49. The van der Waals surface area contributed by atoms with Crippen molar-refractivity contribution in [2.45, 2.75) is 13.8 Å². The summed E-state index contributed by atoms with van der Waals surface area (Å²) in [7, 11) is 0. The van der Waals surface area contributed by atoms with Crippen LogP contribution in [0.5, 0.6) is 0 Å². The molecule has 0 unspecified atom stereocenters. The number of halogens is 1. The lowest BCUT2D eigenvalue weighted by Crippen LogP contribution is -2.13. The van der Waals surface area contributed by atoms with Crippen LogP contribution >= 0.6 is 22.6 Å². The summed E-state index contributed by atoms with van der Waals surface area (Å²) >= 11 is 2.20. The second-order valence-corrected chi connectivity index (χ2v) is 4.78. The van der Waals surface area contributed by atoms with Crippen molar-refractivity contribution in [1.82, 2.24) is 9.97 Å². The van der Waals surface area contributed by atoms with Gasteiger partial charge in [0.25, 0.3) is 0 Å². The quantitative estimate of drug-likeness (QED) is 0.644. The van der Waals surface area contributed by atoms with E-state index in [9.17, 15) is 0 Å². The number of hydrogen-bond donors (Lipinski definition) is 1. The summed E-state index contributed by atoms with van der Waals surface area (Å²) in [5.41, 5.74) is 0. The molecule has 0 aliphatic rings. The van der Waals surface area contributed by atoms with Gasteiger partial charge in [-0.1, -0.05) is 13.8 Å². The highest BCUT2D eigenvalue weighted by Crippen LogP contribution is 2.11. The second-order valence-electron chi connectivity index (χ2n) is 3.61. The Morgan fingerprint density at radius 1 is 1.53 bits per heavy atom. The first-order chi connectivity index (χ1) is 7.20. The van der Waals surface area contributed by atoms with Crippen molar-refractivity contribution in [1.29, 1.82) is 0 Å². The van der Waals surface area contributed by atoms with Gasteiger partial charge in [0.2, 0.25) is 0 Å². The second kappa shape index (κ2) is 6.95. The van der Waals surface area contributed by atoms with Crippen LogP contribution in [0.3, 0.4) is 0 Å². The zero-order valence-electron chi connectivity index (χ0n) is 9.03. The zero-order valence-corrected chi connectivity index (χ0v) is 11.2. The molecule has 0 atom stereocenters. The molecule has 1 heterocycles. The van der Waals surface area contributed by atoms with Crippen LogP contribution < -0.4 is 5.32 Å². The lowest BCUT2D eigenvalue weighted by molar-refractivity contribution is 0.118. The number of nitrogens with zero attached hydrogens (tertiary/aromatic N) is 2. The van der Waals surface area contributed by atoms with Gasteiger partial charge in [-0.05, 0) is 28.5 Å². The Kier molecular flexibility index (Phi) is 5.85.